The van der Waals surface area contributed by atoms with Crippen LogP contribution in [-0.2, 0) is 0 Å². The Balaban J connectivity index is 2.00. The number of rotatable bonds is 0. The number of piperidine rings is 1. The van der Waals surface area contributed by atoms with Crippen LogP contribution in [0.1, 0.15) is 12.8 Å². The Kier molecular flexibility index (Phi) is 2.02. The molecule has 0 amide bonds. The van der Waals surface area contributed by atoms with Crippen LogP contribution in [0.2, 0.25) is 0 Å². The monoisotopic (exact) mass is 186 g/mol. The smallest absolute Gasteiger partial charge is 0.0998 e. The van der Waals surface area contributed by atoms with Crippen LogP contribution in [0, 0.1) is 0 Å². The molecular weight excluding hydrogens is 172 g/mol. The van der Waals surface area contributed by atoms with Crippen LogP contribution in [0.3, 0.4) is 0 Å². The lowest BCUT2D eigenvalue weighted by atomic mass is 9.90. The molecule has 1 saturated heterocycles. The van der Waals surface area contributed by atoms with Crippen molar-refractivity contribution >= 4 is 19.2 Å². The molecule has 2 aliphatic rings. The third-order valence-corrected chi connectivity index (χ3v) is 3.03. The maximum absolute atomic E-state index is 5.63. The van der Waals surface area contributed by atoms with E-state index < -0.39 is 0 Å². The van der Waals surface area contributed by atoms with Crippen molar-refractivity contribution in [1.82, 2.24) is 9.31 Å². The Morgan fingerprint density at radius 3 is 2.58 bits per heavy atom. The molecule has 0 bridgehead atoms. The molecule has 2 aliphatic heterocycles. The van der Waals surface area contributed by atoms with Crippen molar-refractivity contribution in [2.24, 2.45) is 10.8 Å². The number of hydrogen-bond donors (Lipinski definition) is 2. The molecule has 0 aromatic rings. The molecule has 0 atom stereocenters. The Labute approximate surface area is 77.9 Å². The lowest BCUT2D eigenvalue weighted by Gasteiger charge is -2.34. The highest BCUT2D eigenvalue weighted by atomic mass is 32.1. The molecule has 1 fully saturated rings. The molecule has 4 nitrogen and oxygen atoms in total. The van der Waals surface area contributed by atoms with Crippen molar-refractivity contribution in [2.75, 3.05) is 19.6 Å². The molecule has 2 rings (SSSR count). The lowest BCUT2D eigenvalue weighted by molar-refractivity contribution is 0.232. The highest BCUT2D eigenvalue weighted by Crippen LogP contribution is 2.29. The lowest BCUT2D eigenvalue weighted by Crippen LogP contribution is -2.44. The average Bonchev–Trinajstić information content (AvgIpc) is 2.40. The summed E-state index contributed by atoms with van der Waals surface area (Å²) >= 11 is 4.30. The van der Waals surface area contributed by atoms with Gasteiger partial charge < -0.3 is 0 Å². The van der Waals surface area contributed by atoms with Gasteiger partial charge in [-0.1, -0.05) is 12.8 Å². The third kappa shape index (κ3) is 1.44. The van der Waals surface area contributed by atoms with Gasteiger partial charge in [0, 0.05) is 13.1 Å². The van der Waals surface area contributed by atoms with Gasteiger partial charge >= 0.3 is 0 Å². The zero-order chi connectivity index (χ0) is 8.60. The Morgan fingerprint density at radius 2 is 2.08 bits per heavy atom. The van der Waals surface area contributed by atoms with Crippen molar-refractivity contribution in [1.29, 1.82) is 0 Å². The number of aliphatic imine (C=N–C) groups is 1. The van der Waals surface area contributed by atoms with Gasteiger partial charge in [0.2, 0.25) is 0 Å². The standard InChI is InChI=1S/C7H14N4S/c8-10-5-7(9-6-10)1-3-11(12)4-2-7/h6,12H,1-5,8H2. The fourth-order valence-electron chi connectivity index (χ4n) is 1.82. The molecule has 2 heterocycles. The summed E-state index contributed by atoms with van der Waals surface area (Å²) in [6.45, 7) is 2.89. The van der Waals surface area contributed by atoms with E-state index in [2.05, 4.69) is 17.8 Å². The van der Waals surface area contributed by atoms with Gasteiger partial charge in [0.05, 0.1) is 18.4 Å². The first-order valence-corrected chi connectivity index (χ1v) is 4.61. The molecule has 2 N–H and O–H groups in total. The van der Waals surface area contributed by atoms with Crippen molar-refractivity contribution < 1.29 is 0 Å². The largest absolute Gasteiger partial charge is 0.299 e. The van der Waals surface area contributed by atoms with Crippen molar-refractivity contribution in [3.63, 3.8) is 0 Å². The molecule has 0 aliphatic carbocycles. The second kappa shape index (κ2) is 2.90. The summed E-state index contributed by atoms with van der Waals surface area (Å²) in [7, 11) is 0. The second-order valence-electron chi connectivity index (χ2n) is 3.59. The molecule has 0 unspecified atom stereocenters. The first kappa shape index (κ1) is 8.34. The van der Waals surface area contributed by atoms with Crippen LogP contribution in [0.5, 0.6) is 0 Å². The van der Waals surface area contributed by atoms with Crippen LogP contribution in [0.25, 0.3) is 0 Å². The summed E-state index contributed by atoms with van der Waals surface area (Å²) < 4.78 is 2.04. The van der Waals surface area contributed by atoms with Gasteiger partial charge in [-0.3, -0.25) is 14.3 Å². The zero-order valence-electron chi connectivity index (χ0n) is 6.98. The Bertz CT molecular complexity index is 198. The van der Waals surface area contributed by atoms with E-state index >= 15 is 0 Å². The Hall–Kier alpha value is -0.260. The van der Waals surface area contributed by atoms with Crippen LogP contribution in [-0.4, -0.2) is 40.8 Å². The predicted molar refractivity (Wildman–Crippen MR) is 51.9 cm³/mol. The average molecular weight is 186 g/mol. The van der Waals surface area contributed by atoms with Gasteiger partial charge in [-0.15, -0.1) is 0 Å². The van der Waals surface area contributed by atoms with E-state index in [9.17, 15) is 0 Å². The van der Waals surface area contributed by atoms with E-state index in [4.69, 9.17) is 5.84 Å². The maximum atomic E-state index is 5.63. The Morgan fingerprint density at radius 1 is 1.42 bits per heavy atom. The molecule has 0 radical (unpaired) electrons. The molecule has 1 spiro atoms. The molecular formula is C7H14N4S. The molecule has 0 aromatic carbocycles. The fourth-order valence-corrected chi connectivity index (χ4v) is 2.02. The van der Waals surface area contributed by atoms with Gasteiger partial charge in [0.25, 0.3) is 0 Å². The summed E-state index contributed by atoms with van der Waals surface area (Å²) in [5, 5.41) is 1.67. The van der Waals surface area contributed by atoms with E-state index in [0.29, 0.717) is 0 Å². The minimum Gasteiger partial charge on any atom is -0.299 e. The highest BCUT2D eigenvalue weighted by molar-refractivity contribution is 7.77. The third-order valence-electron chi connectivity index (χ3n) is 2.63. The number of nitrogens with zero attached hydrogens (tertiary/aromatic N) is 3. The number of hydrogen-bond acceptors (Lipinski definition) is 5. The molecule has 0 saturated carbocycles. The topological polar surface area (TPSA) is 44.9 Å². The zero-order valence-corrected chi connectivity index (χ0v) is 7.87. The van der Waals surface area contributed by atoms with Crippen LogP contribution >= 0.6 is 12.8 Å². The second-order valence-corrected chi connectivity index (χ2v) is 4.16. The quantitative estimate of drug-likeness (QED) is 0.409. The van der Waals surface area contributed by atoms with Crippen molar-refractivity contribution in [2.45, 2.75) is 18.4 Å². The predicted octanol–water partition coefficient (Wildman–Crippen LogP) is -0.117. The summed E-state index contributed by atoms with van der Waals surface area (Å²) in [6.07, 6.45) is 3.88. The van der Waals surface area contributed by atoms with Gasteiger partial charge in [-0.25, -0.2) is 5.84 Å². The van der Waals surface area contributed by atoms with Crippen molar-refractivity contribution in [3.8, 4) is 0 Å². The van der Waals surface area contributed by atoms with Gasteiger partial charge in [-0.05, 0) is 12.8 Å². The van der Waals surface area contributed by atoms with Crippen LogP contribution in [0.4, 0.5) is 0 Å². The van der Waals surface area contributed by atoms with Crippen LogP contribution < -0.4 is 5.84 Å². The number of thiol groups is 1. The summed E-state index contributed by atoms with van der Waals surface area (Å²) in [6, 6.07) is 0. The first-order valence-electron chi connectivity index (χ1n) is 4.21. The van der Waals surface area contributed by atoms with E-state index in [1.54, 1.807) is 11.3 Å². The molecule has 68 valence electrons. The number of hydrazine groups is 1. The van der Waals surface area contributed by atoms with E-state index in [1.807, 2.05) is 4.31 Å². The maximum Gasteiger partial charge on any atom is 0.0998 e. The normalized spacial score (nSPS) is 28.7. The van der Waals surface area contributed by atoms with E-state index in [-0.39, 0.29) is 5.54 Å². The van der Waals surface area contributed by atoms with Crippen LogP contribution in [0.15, 0.2) is 4.99 Å². The fraction of sp³-hybridized carbons (Fsp3) is 0.857. The van der Waals surface area contributed by atoms with E-state index in [1.165, 1.54) is 0 Å². The molecule has 0 aromatic heterocycles. The molecule has 12 heavy (non-hydrogen) atoms. The van der Waals surface area contributed by atoms with E-state index in [0.717, 1.165) is 32.5 Å². The van der Waals surface area contributed by atoms with Gasteiger partial charge in [0.15, 0.2) is 0 Å². The minimum atomic E-state index is 0.105. The SMILES string of the molecule is NN1C=NC2(CCN(S)CC2)C1. The van der Waals surface area contributed by atoms with Gasteiger partial charge in [-0.2, -0.15) is 0 Å². The summed E-state index contributed by atoms with van der Waals surface area (Å²) in [5.41, 5.74) is 0.105. The molecule has 5 heteroatoms. The first-order chi connectivity index (χ1) is 5.70. The van der Waals surface area contributed by atoms with Gasteiger partial charge in [0.1, 0.15) is 0 Å². The minimum absolute atomic E-state index is 0.105. The van der Waals surface area contributed by atoms with Crippen molar-refractivity contribution in [3.05, 3.63) is 0 Å². The highest BCUT2D eigenvalue weighted by Gasteiger charge is 2.37. The number of nitrogens with two attached hydrogens (primary N) is 1. The summed E-state index contributed by atoms with van der Waals surface area (Å²) in [4.78, 5) is 4.46. The summed E-state index contributed by atoms with van der Waals surface area (Å²) in [5.74, 6) is 5.63.